The van der Waals surface area contributed by atoms with Gasteiger partial charge in [-0.2, -0.15) is 0 Å². The van der Waals surface area contributed by atoms with Crippen LogP contribution in [0.3, 0.4) is 0 Å². The molecule has 0 aromatic heterocycles. The lowest BCUT2D eigenvalue weighted by atomic mass is 10.5. The SMILES string of the molecule is [2H]C1=CNCC1. The van der Waals surface area contributed by atoms with Gasteiger partial charge in [-0.25, -0.2) is 0 Å². The van der Waals surface area contributed by atoms with Gasteiger partial charge < -0.3 is 5.32 Å². The minimum Gasteiger partial charge on any atom is -0.391 e. The van der Waals surface area contributed by atoms with Gasteiger partial charge in [0.2, 0.25) is 0 Å². The molecule has 0 saturated carbocycles. The molecule has 0 spiro atoms. The van der Waals surface area contributed by atoms with Gasteiger partial charge in [-0.1, -0.05) is 6.05 Å². The van der Waals surface area contributed by atoms with Gasteiger partial charge in [0.05, 0.1) is 1.37 Å². The normalized spacial score (nSPS) is 24.0. The zero-order valence-electron chi connectivity index (χ0n) is 3.99. The van der Waals surface area contributed by atoms with Crippen molar-refractivity contribution < 1.29 is 1.37 Å². The van der Waals surface area contributed by atoms with E-state index in [1.807, 2.05) is 0 Å². The van der Waals surface area contributed by atoms with Gasteiger partial charge in [0, 0.05) is 6.54 Å². The average molecular weight is 70.1 g/mol. The fourth-order valence-electron chi connectivity index (χ4n) is 0.361. The van der Waals surface area contributed by atoms with E-state index in [2.05, 4.69) is 5.32 Å². The Kier molecular flexibility index (Phi) is 0.411. The van der Waals surface area contributed by atoms with E-state index in [1.165, 1.54) is 0 Å². The molecular weight excluding hydrogens is 62.1 g/mol. The molecule has 28 valence electrons. The van der Waals surface area contributed by atoms with Crippen molar-refractivity contribution in [2.45, 2.75) is 6.42 Å². The fourth-order valence-corrected chi connectivity index (χ4v) is 0.361. The third-order valence-corrected chi connectivity index (χ3v) is 0.618. The lowest BCUT2D eigenvalue weighted by molar-refractivity contribution is 0.917. The third kappa shape index (κ3) is 0.407. The van der Waals surface area contributed by atoms with E-state index < -0.39 is 0 Å². The van der Waals surface area contributed by atoms with E-state index >= 15 is 0 Å². The molecule has 0 unspecified atom stereocenters. The second-order valence-corrected chi connectivity index (χ2v) is 1.05. The van der Waals surface area contributed by atoms with Crippen LogP contribution in [0.15, 0.2) is 12.3 Å². The van der Waals surface area contributed by atoms with Gasteiger partial charge in [0.1, 0.15) is 0 Å². The molecule has 0 bridgehead atoms. The van der Waals surface area contributed by atoms with E-state index in [9.17, 15) is 0 Å². The summed E-state index contributed by atoms with van der Waals surface area (Å²) in [5.41, 5.74) is 0. The Balaban J connectivity index is 2.45. The molecule has 0 radical (unpaired) electrons. The van der Waals surface area contributed by atoms with Gasteiger partial charge >= 0.3 is 0 Å². The molecule has 0 amide bonds. The Hall–Kier alpha value is -0.460. The number of hydrogen-bond donors (Lipinski definition) is 1. The van der Waals surface area contributed by atoms with E-state index in [4.69, 9.17) is 1.37 Å². The molecule has 0 aromatic carbocycles. The lowest BCUT2D eigenvalue weighted by Gasteiger charge is -1.78. The molecule has 0 atom stereocenters. The summed E-state index contributed by atoms with van der Waals surface area (Å²) in [6, 6.07) is 0.718. The maximum absolute atomic E-state index is 6.93. The summed E-state index contributed by atoms with van der Waals surface area (Å²) in [4.78, 5) is 0. The first-order valence-corrected chi connectivity index (χ1v) is 1.78. The fraction of sp³-hybridized carbons (Fsp3) is 0.500. The third-order valence-electron chi connectivity index (χ3n) is 0.618. The Morgan fingerprint density at radius 3 is 3.20 bits per heavy atom. The van der Waals surface area contributed by atoms with Gasteiger partial charge in [-0.15, -0.1) is 0 Å². The van der Waals surface area contributed by atoms with Crippen molar-refractivity contribution in [1.29, 1.82) is 0 Å². The quantitative estimate of drug-likeness (QED) is 0.437. The zero-order valence-corrected chi connectivity index (χ0v) is 2.99. The smallest absolute Gasteiger partial charge is 0.0592 e. The van der Waals surface area contributed by atoms with E-state index in [-0.39, 0.29) is 0 Å². The highest BCUT2D eigenvalue weighted by Crippen LogP contribution is 1.84. The Morgan fingerprint density at radius 2 is 3.00 bits per heavy atom. The Labute approximate surface area is 33.1 Å². The highest BCUT2D eigenvalue weighted by atomic mass is 14.8. The monoisotopic (exact) mass is 70.1 g/mol. The predicted molar refractivity (Wildman–Crippen MR) is 21.8 cm³/mol. The minimum absolute atomic E-state index is 0.718. The molecule has 0 aliphatic carbocycles. The second-order valence-electron chi connectivity index (χ2n) is 1.05. The van der Waals surface area contributed by atoms with Gasteiger partial charge in [0.25, 0.3) is 0 Å². The first-order chi connectivity index (χ1) is 2.89. The van der Waals surface area contributed by atoms with Crippen molar-refractivity contribution >= 4 is 0 Å². The number of rotatable bonds is 0. The van der Waals surface area contributed by atoms with Gasteiger partial charge in [0.15, 0.2) is 0 Å². The van der Waals surface area contributed by atoms with Crippen molar-refractivity contribution in [3.05, 3.63) is 12.3 Å². The van der Waals surface area contributed by atoms with Crippen LogP contribution >= 0.6 is 0 Å². The largest absolute Gasteiger partial charge is 0.391 e. The van der Waals surface area contributed by atoms with Crippen LogP contribution in [0.5, 0.6) is 0 Å². The summed E-state index contributed by atoms with van der Waals surface area (Å²) in [5.74, 6) is 0. The topological polar surface area (TPSA) is 12.0 Å². The predicted octanol–water partition coefficient (Wildman–Crippen LogP) is 0.493. The van der Waals surface area contributed by atoms with Crippen molar-refractivity contribution in [2.24, 2.45) is 0 Å². The summed E-state index contributed by atoms with van der Waals surface area (Å²) in [7, 11) is 0. The van der Waals surface area contributed by atoms with Crippen LogP contribution in [0.4, 0.5) is 0 Å². The van der Waals surface area contributed by atoms with Crippen LogP contribution in [0.25, 0.3) is 0 Å². The van der Waals surface area contributed by atoms with Crippen LogP contribution in [0.1, 0.15) is 7.79 Å². The van der Waals surface area contributed by atoms with Crippen LogP contribution < -0.4 is 5.32 Å². The molecule has 1 nitrogen and oxygen atoms in total. The molecule has 1 aliphatic heterocycles. The Morgan fingerprint density at radius 1 is 2.00 bits per heavy atom. The maximum Gasteiger partial charge on any atom is 0.0592 e. The molecule has 0 fully saturated rings. The molecule has 0 saturated heterocycles. The average Bonchev–Trinajstić information content (AvgIpc) is 1.86. The molecule has 1 aliphatic rings. The molecule has 0 aromatic rings. The van der Waals surface area contributed by atoms with Crippen LogP contribution in [-0.2, 0) is 0 Å². The zero-order chi connectivity index (χ0) is 4.41. The summed E-state index contributed by atoms with van der Waals surface area (Å²) >= 11 is 0. The second kappa shape index (κ2) is 1.11. The maximum atomic E-state index is 6.93. The molecule has 1 rings (SSSR count). The van der Waals surface area contributed by atoms with Crippen molar-refractivity contribution in [1.82, 2.24) is 5.32 Å². The first kappa shape index (κ1) is 1.85. The summed E-state index contributed by atoms with van der Waals surface area (Å²) in [6.45, 7) is 0.957. The molecule has 1 heteroatoms. The molecule has 1 N–H and O–H groups in total. The summed E-state index contributed by atoms with van der Waals surface area (Å²) in [5, 5.41) is 2.92. The summed E-state index contributed by atoms with van der Waals surface area (Å²) < 4.78 is 6.93. The molecular formula is C4H7N. The Bertz CT molecular complexity index is 77.6. The number of nitrogens with one attached hydrogen (secondary N) is 1. The molecule has 5 heavy (non-hydrogen) atoms. The molecule has 1 heterocycles. The lowest BCUT2D eigenvalue weighted by Crippen LogP contribution is -1.96. The van der Waals surface area contributed by atoms with Crippen molar-refractivity contribution in [3.63, 3.8) is 0 Å². The van der Waals surface area contributed by atoms with Crippen LogP contribution in [0.2, 0.25) is 0 Å². The number of hydrogen-bond acceptors (Lipinski definition) is 1. The van der Waals surface area contributed by atoms with E-state index in [0.717, 1.165) is 19.0 Å². The summed E-state index contributed by atoms with van der Waals surface area (Å²) in [6.07, 6.45) is 2.64. The highest BCUT2D eigenvalue weighted by molar-refractivity contribution is 4.86. The highest BCUT2D eigenvalue weighted by Gasteiger charge is 1.81. The minimum atomic E-state index is 0.718. The first-order valence-electron chi connectivity index (χ1n) is 2.28. The van der Waals surface area contributed by atoms with Crippen LogP contribution in [0, 0.1) is 0 Å². The van der Waals surface area contributed by atoms with Crippen molar-refractivity contribution in [2.75, 3.05) is 6.54 Å². The van der Waals surface area contributed by atoms with Gasteiger partial charge in [-0.05, 0) is 12.6 Å². The van der Waals surface area contributed by atoms with E-state index in [0.29, 0.717) is 0 Å². The van der Waals surface area contributed by atoms with Crippen LogP contribution in [-0.4, -0.2) is 6.54 Å². The van der Waals surface area contributed by atoms with Crippen molar-refractivity contribution in [3.8, 4) is 0 Å². The van der Waals surface area contributed by atoms with Gasteiger partial charge in [-0.3, -0.25) is 0 Å². The standard InChI is InChI=1S/C4H7N/c1-2-4-5-3-1/h1,3,5H,2,4H2/i1D. The van der Waals surface area contributed by atoms with E-state index in [1.54, 1.807) is 6.20 Å².